The second-order valence-corrected chi connectivity index (χ2v) is 6.54. The van der Waals surface area contributed by atoms with E-state index in [0.717, 1.165) is 0 Å². The average molecular weight is 386 g/mol. The summed E-state index contributed by atoms with van der Waals surface area (Å²) in [5.41, 5.74) is 5.58. The molecule has 1 heterocycles. The summed E-state index contributed by atoms with van der Waals surface area (Å²) >= 11 is 0. The molecule has 1 aliphatic rings. The Hall–Kier alpha value is -2.69. The fourth-order valence-corrected chi connectivity index (χ4v) is 2.74. The molecule has 27 heavy (non-hydrogen) atoms. The molecule has 0 aromatic carbocycles. The Balaban J connectivity index is 2.85. The molecule has 0 radical (unpaired) electrons. The summed E-state index contributed by atoms with van der Waals surface area (Å²) in [6, 6.07) is -4.02. The van der Waals surface area contributed by atoms with E-state index in [-0.39, 0.29) is 6.42 Å². The smallest absolute Gasteiger partial charge is 0.325 e. The van der Waals surface area contributed by atoms with Crippen LogP contribution < -0.4 is 16.4 Å². The second-order valence-electron chi connectivity index (χ2n) is 6.54. The van der Waals surface area contributed by atoms with E-state index in [9.17, 15) is 24.0 Å². The van der Waals surface area contributed by atoms with E-state index in [1.54, 1.807) is 0 Å². The van der Waals surface area contributed by atoms with Gasteiger partial charge in [-0.15, -0.1) is 0 Å². The van der Waals surface area contributed by atoms with Gasteiger partial charge in [0.15, 0.2) is 0 Å². The number of likely N-dealkylation sites (tertiary alicyclic amines) is 1. The first kappa shape index (κ1) is 22.4. The van der Waals surface area contributed by atoms with Crippen LogP contribution in [0, 0.1) is 0 Å². The Kier molecular flexibility index (Phi) is 8.16. The monoisotopic (exact) mass is 386 g/mol. The van der Waals surface area contributed by atoms with Crippen LogP contribution in [0.3, 0.4) is 0 Å². The van der Waals surface area contributed by atoms with Gasteiger partial charge in [-0.25, -0.2) is 0 Å². The predicted molar refractivity (Wildman–Crippen MR) is 92.4 cm³/mol. The fraction of sp³-hybridized carbons (Fsp3) is 0.688. The molecular formula is C16H26N4O7. The minimum atomic E-state index is -1.27. The molecule has 0 aromatic heterocycles. The van der Waals surface area contributed by atoms with E-state index in [0.29, 0.717) is 19.4 Å². The highest BCUT2D eigenvalue weighted by Crippen LogP contribution is 2.18. The highest BCUT2D eigenvalue weighted by molar-refractivity contribution is 5.94. The lowest BCUT2D eigenvalue weighted by atomic mass is 10.1. The summed E-state index contributed by atoms with van der Waals surface area (Å²) < 4.78 is 0. The van der Waals surface area contributed by atoms with E-state index in [4.69, 9.17) is 15.9 Å². The fourth-order valence-electron chi connectivity index (χ4n) is 2.74. The molecule has 1 aliphatic heterocycles. The highest BCUT2D eigenvalue weighted by atomic mass is 16.4. The third kappa shape index (κ3) is 6.51. The highest BCUT2D eigenvalue weighted by Gasteiger charge is 2.37. The molecule has 1 rings (SSSR count). The number of carbonyl (C=O) groups excluding carboxylic acids is 3. The lowest BCUT2D eigenvalue weighted by Crippen LogP contribution is -2.56. The van der Waals surface area contributed by atoms with Crippen LogP contribution in [0.25, 0.3) is 0 Å². The number of amides is 3. The Morgan fingerprint density at radius 3 is 2.30 bits per heavy atom. The van der Waals surface area contributed by atoms with E-state index in [1.165, 1.54) is 18.7 Å². The van der Waals surface area contributed by atoms with Gasteiger partial charge in [0.2, 0.25) is 17.7 Å². The van der Waals surface area contributed by atoms with E-state index < -0.39 is 60.2 Å². The maximum atomic E-state index is 12.6. The number of hydrogen-bond acceptors (Lipinski definition) is 6. The van der Waals surface area contributed by atoms with Crippen molar-refractivity contribution in [3.05, 3.63) is 0 Å². The first-order chi connectivity index (χ1) is 12.5. The number of carboxylic acid groups (broad SMARTS) is 2. The van der Waals surface area contributed by atoms with Crippen molar-refractivity contribution in [2.24, 2.45) is 5.73 Å². The molecule has 3 amide bonds. The number of hydrogen-bond donors (Lipinski definition) is 5. The van der Waals surface area contributed by atoms with Crippen molar-refractivity contribution in [2.75, 3.05) is 6.54 Å². The van der Waals surface area contributed by atoms with E-state index in [1.807, 2.05) is 0 Å². The van der Waals surface area contributed by atoms with Crippen LogP contribution in [0.5, 0.6) is 0 Å². The van der Waals surface area contributed by atoms with Crippen molar-refractivity contribution in [2.45, 2.75) is 63.7 Å². The number of carboxylic acids is 2. The van der Waals surface area contributed by atoms with E-state index in [2.05, 4.69) is 10.6 Å². The molecule has 11 heteroatoms. The third-order valence-electron chi connectivity index (χ3n) is 4.24. The standard InChI is InChI=1S/C16H26N4O7/c1-8(17)15(25)20-7-3-4-11(20)14(24)19-10(5-6-12(21)22)13(23)18-9(2)16(26)27/h8-11H,3-7,17H2,1-2H3,(H,18,23)(H,19,24)(H,21,22)(H,26,27). The molecule has 4 unspecified atom stereocenters. The van der Waals surface area contributed by atoms with Gasteiger partial charge in [-0.05, 0) is 33.1 Å². The second kappa shape index (κ2) is 9.86. The minimum absolute atomic E-state index is 0.215. The van der Waals surface area contributed by atoms with Gasteiger partial charge in [0, 0.05) is 13.0 Å². The molecule has 0 aromatic rings. The lowest BCUT2D eigenvalue weighted by molar-refractivity contribution is -0.143. The molecule has 0 bridgehead atoms. The number of nitrogens with two attached hydrogens (primary N) is 1. The molecule has 0 aliphatic carbocycles. The Morgan fingerprint density at radius 2 is 1.78 bits per heavy atom. The molecule has 152 valence electrons. The Morgan fingerprint density at radius 1 is 1.15 bits per heavy atom. The van der Waals surface area contributed by atoms with Crippen molar-refractivity contribution in [3.8, 4) is 0 Å². The van der Waals surface area contributed by atoms with Crippen LogP contribution in [0.4, 0.5) is 0 Å². The molecular weight excluding hydrogens is 360 g/mol. The van der Waals surface area contributed by atoms with Crippen molar-refractivity contribution in [1.82, 2.24) is 15.5 Å². The molecule has 6 N–H and O–H groups in total. The Labute approximate surface area is 156 Å². The summed E-state index contributed by atoms with van der Waals surface area (Å²) in [6.07, 6.45) is 0.377. The summed E-state index contributed by atoms with van der Waals surface area (Å²) in [5.74, 6) is -4.23. The van der Waals surface area contributed by atoms with Gasteiger partial charge >= 0.3 is 11.9 Å². The van der Waals surface area contributed by atoms with Crippen LogP contribution in [-0.2, 0) is 24.0 Å². The van der Waals surface area contributed by atoms with E-state index >= 15 is 0 Å². The normalized spacial score (nSPS) is 19.7. The van der Waals surface area contributed by atoms with Gasteiger partial charge < -0.3 is 31.5 Å². The number of nitrogens with one attached hydrogen (secondary N) is 2. The lowest BCUT2D eigenvalue weighted by Gasteiger charge is -2.27. The quantitative estimate of drug-likeness (QED) is 0.310. The van der Waals surface area contributed by atoms with Crippen LogP contribution >= 0.6 is 0 Å². The number of aliphatic carboxylic acids is 2. The zero-order valence-electron chi connectivity index (χ0n) is 15.3. The van der Waals surface area contributed by atoms with Gasteiger partial charge in [0.1, 0.15) is 18.1 Å². The SMILES string of the molecule is CC(N)C(=O)N1CCCC1C(=O)NC(CCC(=O)O)C(=O)NC(C)C(=O)O. The first-order valence-electron chi connectivity index (χ1n) is 8.66. The molecule has 11 nitrogen and oxygen atoms in total. The summed E-state index contributed by atoms with van der Waals surface area (Å²) in [6.45, 7) is 3.11. The summed E-state index contributed by atoms with van der Waals surface area (Å²) in [4.78, 5) is 60.0. The van der Waals surface area contributed by atoms with Crippen LogP contribution in [-0.4, -0.2) is 75.5 Å². The van der Waals surface area contributed by atoms with Gasteiger partial charge in [-0.1, -0.05) is 0 Å². The largest absolute Gasteiger partial charge is 0.481 e. The first-order valence-corrected chi connectivity index (χ1v) is 8.66. The number of carbonyl (C=O) groups is 5. The van der Waals surface area contributed by atoms with Crippen LogP contribution in [0.15, 0.2) is 0 Å². The predicted octanol–water partition coefficient (Wildman–Crippen LogP) is -1.74. The molecule has 1 fully saturated rings. The number of rotatable bonds is 9. The van der Waals surface area contributed by atoms with Crippen molar-refractivity contribution in [1.29, 1.82) is 0 Å². The molecule has 0 spiro atoms. The van der Waals surface area contributed by atoms with Crippen molar-refractivity contribution < 1.29 is 34.2 Å². The van der Waals surface area contributed by atoms with Gasteiger partial charge in [0.05, 0.1) is 6.04 Å². The average Bonchev–Trinajstić information content (AvgIpc) is 3.06. The molecule has 1 saturated heterocycles. The van der Waals surface area contributed by atoms with Crippen LogP contribution in [0.1, 0.15) is 39.5 Å². The third-order valence-corrected chi connectivity index (χ3v) is 4.24. The van der Waals surface area contributed by atoms with Gasteiger partial charge in [-0.3, -0.25) is 24.0 Å². The topological polar surface area (TPSA) is 179 Å². The Bertz CT molecular complexity index is 608. The molecule has 0 saturated carbocycles. The maximum Gasteiger partial charge on any atom is 0.325 e. The van der Waals surface area contributed by atoms with Crippen molar-refractivity contribution in [3.63, 3.8) is 0 Å². The maximum absolute atomic E-state index is 12.6. The number of nitrogens with zero attached hydrogens (tertiary/aromatic N) is 1. The molecule has 4 atom stereocenters. The van der Waals surface area contributed by atoms with Crippen molar-refractivity contribution >= 4 is 29.7 Å². The van der Waals surface area contributed by atoms with Crippen LogP contribution in [0.2, 0.25) is 0 Å². The van der Waals surface area contributed by atoms with Gasteiger partial charge in [-0.2, -0.15) is 0 Å². The summed E-state index contributed by atoms with van der Waals surface area (Å²) in [5, 5.41) is 22.4. The zero-order valence-corrected chi connectivity index (χ0v) is 15.3. The zero-order chi connectivity index (χ0) is 20.7. The summed E-state index contributed by atoms with van der Waals surface area (Å²) in [7, 11) is 0. The minimum Gasteiger partial charge on any atom is -0.481 e. The van der Waals surface area contributed by atoms with Gasteiger partial charge in [0.25, 0.3) is 0 Å².